The fourth-order valence-corrected chi connectivity index (χ4v) is 6.08. The maximum absolute atomic E-state index is 12.5. The van der Waals surface area contributed by atoms with Gasteiger partial charge in [0.25, 0.3) is 0 Å². The largest absolute Gasteiger partial charge is 0.462 e. The minimum Gasteiger partial charge on any atom is -0.462 e. The van der Waals surface area contributed by atoms with Gasteiger partial charge in [0.1, 0.15) is 6.10 Å². The molecule has 2 aliphatic heterocycles. The van der Waals surface area contributed by atoms with Crippen molar-refractivity contribution < 1.29 is 14.3 Å². The molecule has 1 N–H and O–H groups in total. The van der Waals surface area contributed by atoms with Crippen molar-refractivity contribution in [2.75, 3.05) is 26.2 Å². The molecule has 0 radical (unpaired) electrons. The fourth-order valence-electron chi connectivity index (χ4n) is 6.08. The second-order valence-electron chi connectivity index (χ2n) is 9.45. The van der Waals surface area contributed by atoms with Gasteiger partial charge in [-0.1, -0.05) is 19.1 Å². The normalized spacial score (nSPS) is 38.7. The Morgan fingerprint density at radius 1 is 1.30 bits per heavy atom. The van der Waals surface area contributed by atoms with Crippen LogP contribution in [0, 0.1) is 23.2 Å². The van der Waals surface area contributed by atoms with Crippen molar-refractivity contribution in [2.24, 2.45) is 23.2 Å². The smallest absolute Gasteiger partial charge is 0.310 e. The molecule has 2 saturated heterocycles. The van der Waals surface area contributed by atoms with Crippen LogP contribution in [-0.4, -0.2) is 49.1 Å². The lowest BCUT2D eigenvalue weighted by molar-refractivity contribution is -0.146. The van der Waals surface area contributed by atoms with E-state index in [0.717, 1.165) is 51.7 Å². The summed E-state index contributed by atoms with van der Waals surface area (Å²) < 4.78 is 5.82. The van der Waals surface area contributed by atoms with E-state index in [2.05, 4.69) is 18.8 Å². The van der Waals surface area contributed by atoms with Gasteiger partial charge in [-0.05, 0) is 62.8 Å². The van der Waals surface area contributed by atoms with E-state index < -0.39 is 0 Å². The van der Waals surface area contributed by atoms with Crippen molar-refractivity contribution in [1.82, 2.24) is 10.2 Å². The minimum absolute atomic E-state index is 0.0138. The van der Waals surface area contributed by atoms with Gasteiger partial charge in [0.2, 0.25) is 5.91 Å². The lowest BCUT2D eigenvalue weighted by Gasteiger charge is -2.50. The molecule has 5 nitrogen and oxygen atoms in total. The average molecular weight is 375 g/mol. The first-order valence-corrected chi connectivity index (χ1v) is 10.8. The summed E-state index contributed by atoms with van der Waals surface area (Å²) in [6.45, 7) is 10.0. The maximum atomic E-state index is 12.5. The highest BCUT2D eigenvalue weighted by Gasteiger charge is 2.54. The number of likely N-dealkylation sites (tertiary alicyclic amines) is 1. The van der Waals surface area contributed by atoms with Gasteiger partial charge >= 0.3 is 5.97 Å². The average Bonchev–Trinajstić information content (AvgIpc) is 3.15. The first-order valence-electron chi connectivity index (χ1n) is 10.8. The summed E-state index contributed by atoms with van der Waals surface area (Å²) in [5.74, 6) is 1.13. The zero-order chi connectivity index (χ0) is 19.0. The first kappa shape index (κ1) is 19.0. The van der Waals surface area contributed by atoms with Crippen LogP contribution in [0.4, 0.5) is 0 Å². The van der Waals surface area contributed by atoms with E-state index >= 15 is 0 Å². The Bertz CT molecular complexity index is 619. The Hall–Kier alpha value is -1.36. The molecule has 5 atom stereocenters. The summed E-state index contributed by atoms with van der Waals surface area (Å²) in [4.78, 5) is 26.1. The Morgan fingerprint density at radius 2 is 2.15 bits per heavy atom. The number of carbonyl (C=O) groups is 2. The van der Waals surface area contributed by atoms with Crippen molar-refractivity contribution in [3.05, 3.63) is 12.2 Å². The number of nitrogens with zero attached hydrogens (tertiary/aromatic N) is 1. The standard InChI is InChI=1S/C22H34N2O3/c1-15-6-3-8-22(2)13-19-16(12-18(15)22)17(21(26)27-19)14-23-9-5-11-24-10-4-7-20(24)25/h16-19,23H,1,3-14H2,2H3/t16-,17-,18+,19+,22-/m0/s1. The fraction of sp³-hybridized carbons (Fsp3) is 0.818. The van der Waals surface area contributed by atoms with Crippen LogP contribution in [0.2, 0.25) is 0 Å². The van der Waals surface area contributed by atoms with Crippen LogP contribution < -0.4 is 5.32 Å². The highest BCUT2D eigenvalue weighted by atomic mass is 16.6. The third-order valence-electron chi connectivity index (χ3n) is 7.64. The molecule has 2 heterocycles. The summed E-state index contributed by atoms with van der Waals surface area (Å²) in [5.41, 5.74) is 1.66. The van der Waals surface area contributed by atoms with Crippen LogP contribution in [0.1, 0.15) is 58.3 Å². The number of ether oxygens (including phenoxy) is 1. The van der Waals surface area contributed by atoms with Gasteiger partial charge in [-0.2, -0.15) is 0 Å². The number of nitrogens with one attached hydrogen (secondary N) is 1. The summed E-state index contributed by atoms with van der Waals surface area (Å²) in [5, 5.41) is 3.46. The Morgan fingerprint density at radius 3 is 2.93 bits per heavy atom. The molecule has 4 fully saturated rings. The molecule has 150 valence electrons. The minimum atomic E-state index is -0.0253. The van der Waals surface area contributed by atoms with E-state index in [4.69, 9.17) is 4.74 Å². The lowest BCUT2D eigenvalue weighted by Crippen LogP contribution is -2.45. The van der Waals surface area contributed by atoms with E-state index in [0.29, 0.717) is 24.8 Å². The third kappa shape index (κ3) is 3.67. The summed E-state index contributed by atoms with van der Waals surface area (Å²) in [6, 6.07) is 0. The number of amides is 1. The van der Waals surface area contributed by atoms with Crippen molar-refractivity contribution in [2.45, 2.75) is 64.4 Å². The molecule has 0 unspecified atom stereocenters. The molecule has 2 aliphatic carbocycles. The van der Waals surface area contributed by atoms with Crippen LogP contribution >= 0.6 is 0 Å². The monoisotopic (exact) mass is 374 g/mol. The quantitative estimate of drug-likeness (QED) is 0.441. The highest BCUT2D eigenvalue weighted by molar-refractivity contribution is 5.78. The second kappa shape index (κ2) is 7.57. The number of allylic oxidation sites excluding steroid dienone is 1. The van der Waals surface area contributed by atoms with Gasteiger partial charge < -0.3 is 15.0 Å². The molecule has 0 spiro atoms. The van der Waals surface area contributed by atoms with Crippen LogP contribution in [-0.2, 0) is 14.3 Å². The van der Waals surface area contributed by atoms with Gasteiger partial charge in [0.05, 0.1) is 5.92 Å². The number of carbonyl (C=O) groups excluding carboxylic acids is 2. The number of fused-ring (bicyclic) bond motifs is 2. The second-order valence-corrected chi connectivity index (χ2v) is 9.45. The van der Waals surface area contributed by atoms with Crippen molar-refractivity contribution in [1.29, 1.82) is 0 Å². The molecule has 1 amide bonds. The van der Waals surface area contributed by atoms with E-state index in [1.807, 2.05) is 4.90 Å². The van der Waals surface area contributed by atoms with Gasteiger partial charge in [-0.15, -0.1) is 0 Å². The molecule has 0 bridgehead atoms. The highest BCUT2D eigenvalue weighted by Crippen LogP contribution is 2.56. The molecule has 2 saturated carbocycles. The van der Waals surface area contributed by atoms with Gasteiger partial charge in [-0.3, -0.25) is 9.59 Å². The molecule has 4 aliphatic rings. The van der Waals surface area contributed by atoms with Crippen molar-refractivity contribution in [3.63, 3.8) is 0 Å². The number of esters is 1. The zero-order valence-electron chi connectivity index (χ0n) is 16.7. The Labute approximate surface area is 162 Å². The molecule has 27 heavy (non-hydrogen) atoms. The predicted octanol–water partition coefficient (Wildman–Crippen LogP) is 2.90. The lowest BCUT2D eigenvalue weighted by atomic mass is 9.55. The zero-order valence-corrected chi connectivity index (χ0v) is 16.7. The van der Waals surface area contributed by atoms with E-state index in [9.17, 15) is 9.59 Å². The topological polar surface area (TPSA) is 58.6 Å². The van der Waals surface area contributed by atoms with Crippen molar-refractivity contribution in [3.8, 4) is 0 Å². The van der Waals surface area contributed by atoms with E-state index in [1.54, 1.807) is 0 Å². The molecular formula is C22H34N2O3. The molecule has 0 aromatic heterocycles. The van der Waals surface area contributed by atoms with Gasteiger partial charge in [-0.25, -0.2) is 0 Å². The Kier molecular flexibility index (Phi) is 5.32. The van der Waals surface area contributed by atoms with Crippen LogP contribution in [0.5, 0.6) is 0 Å². The van der Waals surface area contributed by atoms with E-state index in [-0.39, 0.29) is 29.3 Å². The van der Waals surface area contributed by atoms with Crippen LogP contribution in [0.15, 0.2) is 12.2 Å². The molecule has 5 heteroatoms. The Balaban J connectivity index is 1.28. The molecular weight excluding hydrogens is 340 g/mol. The molecule has 0 aromatic rings. The number of rotatable bonds is 6. The maximum Gasteiger partial charge on any atom is 0.310 e. The van der Waals surface area contributed by atoms with E-state index in [1.165, 1.54) is 18.4 Å². The predicted molar refractivity (Wildman–Crippen MR) is 104 cm³/mol. The van der Waals surface area contributed by atoms with Crippen LogP contribution in [0.25, 0.3) is 0 Å². The molecule has 0 aromatic carbocycles. The number of hydrogen-bond acceptors (Lipinski definition) is 4. The molecule has 4 rings (SSSR count). The third-order valence-corrected chi connectivity index (χ3v) is 7.64. The van der Waals surface area contributed by atoms with Gasteiger partial charge in [0.15, 0.2) is 0 Å². The van der Waals surface area contributed by atoms with Gasteiger partial charge in [0, 0.05) is 32.0 Å². The SMILES string of the molecule is C=C1CCC[C@@]2(C)C[C@H]3OC(=O)[C@@H](CNCCCN4CCCC4=O)[C@@H]3C[C@H]12. The number of hydrogen-bond donors (Lipinski definition) is 1. The van der Waals surface area contributed by atoms with Crippen molar-refractivity contribution >= 4 is 11.9 Å². The van der Waals surface area contributed by atoms with Crippen LogP contribution in [0.3, 0.4) is 0 Å². The summed E-state index contributed by atoms with van der Waals surface area (Å²) in [6.07, 6.45) is 8.39. The first-order chi connectivity index (χ1) is 13.0. The summed E-state index contributed by atoms with van der Waals surface area (Å²) >= 11 is 0. The summed E-state index contributed by atoms with van der Waals surface area (Å²) in [7, 11) is 0.